The summed E-state index contributed by atoms with van der Waals surface area (Å²) in [5.41, 5.74) is 0. The standard InChI is InChI=1S/BH3O3.BHO.O.Pb.H4Si/c2-1(3)4;1-2;;;/h2-4H;1H;;;1H4. The average molecular weight is 345 g/mol. The van der Waals surface area contributed by atoms with E-state index in [1.807, 2.05) is 7.72 Å². The van der Waals surface area contributed by atoms with Crippen molar-refractivity contribution >= 4 is 51.8 Å². The van der Waals surface area contributed by atoms with Gasteiger partial charge in [0.25, 0.3) is 0 Å². The van der Waals surface area contributed by atoms with Gasteiger partial charge in [-0.25, -0.2) is 0 Å². The third kappa shape index (κ3) is 711. The Morgan fingerprint density at radius 1 is 1.11 bits per heavy atom. The van der Waals surface area contributed by atoms with Crippen LogP contribution in [-0.2, 0) is 7.39 Å². The Morgan fingerprint density at radius 3 is 1.11 bits per heavy atom. The van der Waals surface area contributed by atoms with Crippen molar-refractivity contribution in [1.82, 2.24) is 0 Å². The molecule has 5 nitrogen and oxygen atoms in total. The van der Waals surface area contributed by atoms with Gasteiger partial charge in [-0.05, 0) is 11.0 Å². The van der Waals surface area contributed by atoms with Crippen molar-refractivity contribution in [1.29, 1.82) is 0 Å². The largest absolute Gasteiger partial charge is 0.0149 e. The zero-order valence-corrected chi connectivity index (χ0v) is 7.83. The summed E-state index contributed by atoms with van der Waals surface area (Å²) in [6, 6.07) is 0. The zero-order valence-electron chi connectivity index (χ0n) is 3.94. The van der Waals surface area contributed by atoms with Crippen LogP contribution in [0.5, 0.6) is 0 Å². The van der Waals surface area contributed by atoms with Crippen LogP contribution in [0.2, 0.25) is 0 Å². The summed E-state index contributed by atoms with van der Waals surface area (Å²) in [6.07, 6.45) is 0. The minimum absolute atomic E-state index is 0. The van der Waals surface area contributed by atoms with E-state index in [1.165, 1.54) is 0 Å². The Hall–Kier alpha value is 0.749. The van der Waals surface area contributed by atoms with Crippen LogP contribution in [0.1, 0.15) is 0 Å². The average Bonchev–Trinajstić information content (AvgIpc) is 1.75. The van der Waals surface area contributed by atoms with E-state index in [-0.39, 0.29) is 36.7 Å². The van der Waals surface area contributed by atoms with Gasteiger partial charge >= 0.3 is 48.2 Å². The van der Waals surface area contributed by atoms with Gasteiger partial charge in [0.1, 0.15) is 0 Å². The Bertz CT molecular complexity index is 31.4. The minimum Gasteiger partial charge on any atom is -0.0149 e. The monoisotopic (exact) mass is 346 g/mol. The third-order valence-corrected chi connectivity index (χ3v) is 0. The van der Waals surface area contributed by atoms with Gasteiger partial charge in [-0.2, -0.15) is 0 Å². The van der Waals surface area contributed by atoms with Crippen molar-refractivity contribution in [2.45, 2.75) is 0 Å². The quantitative estimate of drug-likeness (QED) is 0.384. The predicted octanol–water partition coefficient (Wildman–Crippen LogP) is -4.77. The van der Waals surface area contributed by atoms with Gasteiger partial charge in [0.05, 0.1) is 0 Å². The molecule has 0 aromatic heterocycles. The van der Waals surface area contributed by atoms with Crippen molar-refractivity contribution in [3.63, 3.8) is 0 Å². The van der Waals surface area contributed by atoms with E-state index in [9.17, 15) is 0 Å². The van der Waals surface area contributed by atoms with Gasteiger partial charge in [-0.1, -0.05) is 0 Å². The summed E-state index contributed by atoms with van der Waals surface area (Å²) < 4.78 is 16.4. The van der Waals surface area contributed by atoms with E-state index in [0.29, 0.717) is 0 Å². The molecule has 0 amide bonds. The van der Waals surface area contributed by atoms with Gasteiger partial charge in [-0.15, -0.1) is 0 Å². The molecule has 0 saturated carbocycles. The van der Waals surface area contributed by atoms with Crippen molar-refractivity contribution < 1.29 is 22.5 Å². The van der Waals surface area contributed by atoms with E-state index in [1.54, 1.807) is 0 Å². The Kier molecular flexibility index (Phi) is 93.8. The second-order valence-electron chi connectivity index (χ2n) is 0.346. The first-order valence-corrected chi connectivity index (χ1v) is 2.85. The van der Waals surface area contributed by atoms with Crippen LogP contribution in [0, 0.1) is 0 Å². The molecule has 0 unspecified atom stereocenters. The minimum atomic E-state index is -2.17. The maximum absolute atomic E-state index is 8.39. The van der Waals surface area contributed by atoms with Crippen LogP contribution in [-0.4, -0.2) is 66.9 Å². The smallest absolute Gasteiger partial charge is 0.0149 e. The summed E-state index contributed by atoms with van der Waals surface area (Å²) in [5, 5.41) is 21.5. The summed E-state index contributed by atoms with van der Waals surface area (Å²) in [7, 11) is -0.167. The molecule has 9 heteroatoms. The van der Waals surface area contributed by atoms with Crippen LogP contribution in [0.25, 0.3) is 0 Å². The van der Waals surface area contributed by atoms with Crippen LogP contribution in [0.3, 0.4) is 0 Å². The van der Waals surface area contributed by atoms with Crippen molar-refractivity contribution in [2.24, 2.45) is 0 Å². The molecule has 3 N–H and O–H groups in total. The van der Waals surface area contributed by atoms with Crippen molar-refractivity contribution in [2.75, 3.05) is 0 Å². The molecule has 0 aromatic carbocycles. The summed E-state index contributed by atoms with van der Waals surface area (Å²) in [6.45, 7) is 0. The first kappa shape index (κ1) is 22.6. The SMILES string of the molecule is B=O.OB(O)O.[O]=[Pb].[SiH4]. The van der Waals surface area contributed by atoms with Gasteiger partial charge in [0.15, 0.2) is 0 Å². The molecule has 0 rings (SSSR count). The molecule has 52 valence electrons. The topological polar surface area (TPSA) is 94.8 Å². The number of hydrogen-bond acceptors (Lipinski definition) is 5. The maximum Gasteiger partial charge on any atom is -0.0149 e. The van der Waals surface area contributed by atoms with E-state index < -0.39 is 7.32 Å². The van der Waals surface area contributed by atoms with E-state index in [0.717, 1.165) is 0 Å². The second kappa shape index (κ2) is 37.4. The first-order chi connectivity index (χ1) is 3.73. The first-order valence-electron chi connectivity index (χ1n) is 1.27. The molecule has 0 atom stereocenters. The zero-order chi connectivity index (χ0) is 7.58. The third-order valence-electron chi connectivity index (χ3n) is 0. The predicted molar refractivity (Wildman–Crippen MR) is 38.0 cm³/mol. The molecule has 0 bridgehead atoms. The Balaban J connectivity index is -0.0000000221. The molecule has 0 aliphatic carbocycles. The molecular formula is H8B2O5PbSi. The molecular weight excluding hydrogens is 337 g/mol. The number of rotatable bonds is 0. The Morgan fingerprint density at radius 2 is 1.11 bits per heavy atom. The molecule has 0 aliphatic heterocycles. The Labute approximate surface area is 74.2 Å². The summed E-state index contributed by atoms with van der Waals surface area (Å²) in [5.74, 6) is 0. The van der Waals surface area contributed by atoms with Crippen LogP contribution < -0.4 is 0 Å². The van der Waals surface area contributed by atoms with Crippen LogP contribution in [0.15, 0.2) is 0 Å². The van der Waals surface area contributed by atoms with Crippen LogP contribution >= 0.6 is 0 Å². The second-order valence-corrected chi connectivity index (χ2v) is 0.346. The van der Waals surface area contributed by atoms with Gasteiger partial charge in [-0.3, -0.25) is 0 Å². The molecule has 0 aromatic rings. The van der Waals surface area contributed by atoms with E-state index in [4.69, 9.17) is 22.5 Å². The maximum atomic E-state index is 8.39. The van der Waals surface area contributed by atoms with Crippen LogP contribution in [0.4, 0.5) is 0 Å². The molecule has 0 saturated heterocycles. The molecule has 9 heavy (non-hydrogen) atoms. The van der Waals surface area contributed by atoms with Gasteiger partial charge in [0, 0.05) is 0 Å². The van der Waals surface area contributed by atoms with Gasteiger partial charge < -0.3 is 15.1 Å². The fourth-order valence-electron chi connectivity index (χ4n) is 0. The van der Waals surface area contributed by atoms with Gasteiger partial charge in [0.2, 0.25) is 0 Å². The molecule has 0 aliphatic rings. The normalized spacial score (nSPS) is 3.78. The van der Waals surface area contributed by atoms with E-state index >= 15 is 0 Å². The molecule has 0 spiro atoms. The fourth-order valence-corrected chi connectivity index (χ4v) is 0. The summed E-state index contributed by atoms with van der Waals surface area (Å²) >= 11 is 0.0556. The summed E-state index contributed by atoms with van der Waals surface area (Å²) in [4.78, 5) is 0. The fraction of sp³-hybridized carbons (Fsp3) is 0. The molecule has 2 radical (unpaired) electrons. The van der Waals surface area contributed by atoms with Crippen molar-refractivity contribution in [3.8, 4) is 0 Å². The molecule has 0 heterocycles. The molecule has 0 fully saturated rings. The van der Waals surface area contributed by atoms with Crippen molar-refractivity contribution in [3.05, 3.63) is 0 Å². The number of hydrogen-bond donors (Lipinski definition) is 3. The van der Waals surface area contributed by atoms with E-state index in [2.05, 4.69) is 0 Å².